The average molecular weight is 353 g/mol. The third-order valence-corrected chi connectivity index (χ3v) is 5.84. The van der Waals surface area contributed by atoms with Gasteiger partial charge in [-0.2, -0.15) is 0 Å². The van der Waals surface area contributed by atoms with Crippen molar-refractivity contribution in [2.24, 2.45) is 11.7 Å². The van der Waals surface area contributed by atoms with E-state index >= 15 is 0 Å². The number of benzene rings is 1. The highest BCUT2D eigenvalue weighted by Crippen LogP contribution is 2.22. The molecule has 6 nitrogen and oxygen atoms in total. The molecule has 1 heterocycles. The van der Waals surface area contributed by atoms with Crippen LogP contribution in [0.3, 0.4) is 0 Å². The predicted octanol–water partition coefficient (Wildman–Crippen LogP) is 2.04. The molecule has 24 heavy (non-hydrogen) atoms. The van der Waals surface area contributed by atoms with Gasteiger partial charge < -0.3 is 10.6 Å². The Kier molecular flexibility index (Phi) is 6.23. The number of anilines is 1. The van der Waals surface area contributed by atoms with Gasteiger partial charge in [0.15, 0.2) is 0 Å². The number of nitrogens with one attached hydrogen (secondary N) is 1. The second-order valence-electron chi connectivity index (χ2n) is 6.51. The molecule has 0 aromatic heterocycles. The van der Waals surface area contributed by atoms with Crippen LogP contribution in [0.2, 0.25) is 0 Å². The van der Waals surface area contributed by atoms with Crippen LogP contribution >= 0.6 is 0 Å². The summed E-state index contributed by atoms with van der Waals surface area (Å²) < 4.78 is 26.3. The molecule has 1 saturated heterocycles. The first-order valence-electron chi connectivity index (χ1n) is 8.48. The van der Waals surface area contributed by atoms with E-state index in [4.69, 9.17) is 5.73 Å². The zero-order valence-corrected chi connectivity index (χ0v) is 15.2. The van der Waals surface area contributed by atoms with Gasteiger partial charge >= 0.3 is 0 Å². The molecule has 0 bridgehead atoms. The van der Waals surface area contributed by atoms with E-state index in [1.54, 1.807) is 24.3 Å². The van der Waals surface area contributed by atoms with Gasteiger partial charge in [-0.25, -0.2) is 8.42 Å². The van der Waals surface area contributed by atoms with Gasteiger partial charge in [-0.15, -0.1) is 0 Å². The van der Waals surface area contributed by atoms with Gasteiger partial charge in [0.05, 0.1) is 5.75 Å². The molecule has 1 fully saturated rings. The summed E-state index contributed by atoms with van der Waals surface area (Å²) >= 11 is 0. The molecule has 1 aliphatic heterocycles. The molecule has 2 atom stereocenters. The molecule has 1 aliphatic rings. The number of hydrogen-bond donors (Lipinski definition) is 2. The van der Waals surface area contributed by atoms with Crippen LogP contribution in [0.15, 0.2) is 24.3 Å². The molecule has 2 rings (SSSR count). The number of nitrogens with two attached hydrogens (primary N) is 1. The highest BCUT2D eigenvalue weighted by molar-refractivity contribution is 7.92. The van der Waals surface area contributed by atoms with Gasteiger partial charge in [0, 0.05) is 30.4 Å². The Morgan fingerprint density at radius 3 is 2.88 bits per heavy atom. The van der Waals surface area contributed by atoms with Crippen molar-refractivity contribution in [2.75, 3.05) is 23.6 Å². The minimum absolute atomic E-state index is 0.0628. The van der Waals surface area contributed by atoms with E-state index in [9.17, 15) is 13.2 Å². The average Bonchev–Trinajstić information content (AvgIpc) is 2.54. The van der Waals surface area contributed by atoms with Gasteiger partial charge in [-0.3, -0.25) is 9.52 Å². The third-order valence-electron chi connectivity index (χ3n) is 4.34. The van der Waals surface area contributed by atoms with E-state index in [0.717, 1.165) is 12.8 Å². The summed E-state index contributed by atoms with van der Waals surface area (Å²) in [5.41, 5.74) is 6.90. The zero-order valence-electron chi connectivity index (χ0n) is 14.4. The number of amides is 1. The highest BCUT2D eigenvalue weighted by Gasteiger charge is 2.26. The second-order valence-corrected chi connectivity index (χ2v) is 8.36. The molecular formula is C17H27N3O3S. The molecule has 7 heteroatoms. The molecule has 1 aromatic rings. The second kappa shape index (κ2) is 7.98. The van der Waals surface area contributed by atoms with Gasteiger partial charge in [0.25, 0.3) is 5.91 Å². The number of piperidine rings is 1. The Morgan fingerprint density at radius 1 is 1.46 bits per heavy atom. The monoisotopic (exact) mass is 353 g/mol. The lowest BCUT2D eigenvalue weighted by Gasteiger charge is -2.34. The van der Waals surface area contributed by atoms with Crippen molar-refractivity contribution in [3.05, 3.63) is 29.8 Å². The van der Waals surface area contributed by atoms with Crippen molar-refractivity contribution < 1.29 is 13.2 Å². The Bertz CT molecular complexity index is 673. The fraction of sp³-hybridized carbons (Fsp3) is 0.588. The van der Waals surface area contributed by atoms with Crippen LogP contribution in [-0.2, 0) is 10.0 Å². The van der Waals surface area contributed by atoms with Crippen molar-refractivity contribution >= 4 is 21.6 Å². The van der Waals surface area contributed by atoms with Crippen molar-refractivity contribution in [3.8, 4) is 0 Å². The van der Waals surface area contributed by atoms with Crippen LogP contribution in [0.1, 0.15) is 43.5 Å². The molecular weight excluding hydrogens is 326 g/mol. The molecule has 134 valence electrons. The van der Waals surface area contributed by atoms with Gasteiger partial charge in [0.2, 0.25) is 10.0 Å². The molecule has 3 N–H and O–H groups in total. The van der Waals surface area contributed by atoms with Gasteiger partial charge in [-0.05, 0) is 50.3 Å². The van der Waals surface area contributed by atoms with E-state index in [0.29, 0.717) is 36.7 Å². The largest absolute Gasteiger partial charge is 0.338 e. The minimum atomic E-state index is -3.36. The minimum Gasteiger partial charge on any atom is -0.338 e. The SMILES string of the molecule is CCCS(=O)(=O)Nc1cccc(C(=O)N2CCCC(C(C)N)C2)c1. The van der Waals surface area contributed by atoms with Crippen molar-refractivity contribution in [2.45, 2.75) is 39.2 Å². The van der Waals surface area contributed by atoms with Gasteiger partial charge in [0.1, 0.15) is 0 Å². The maximum atomic E-state index is 12.7. The quantitative estimate of drug-likeness (QED) is 0.818. The van der Waals surface area contributed by atoms with Crippen molar-refractivity contribution in [3.63, 3.8) is 0 Å². The first-order valence-corrected chi connectivity index (χ1v) is 10.1. The lowest BCUT2D eigenvalue weighted by Crippen LogP contribution is -2.45. The molecule has 2 unspecified atom stereocenters. The number of nitrogens with zero attached hydrogens (tertiary/aromatic N) is 1. The highest BCUT2D eigenvalue weighted by atomic mass is 32.2. The Labute approximate surface area is 144 Å². The summed E-state index contributed by atoms with van der Waals surface area (Å²) in [5.74, 6) is 0.304. The van der Waals surface area contributed by atoms with Crippen LogP contribution in [-0.4, -0.2) is 44.1 Å². The zero-order chi connectivity index (χ0) is 17.7. The lowest BCUT2D eigenvalue weighted by molar-refractivity contribution is 0.0661. The molecule has 0 spiro atoms. The maximum Gasteiger partial charge on any atom is 0.253 e. The van der Waals surface area contributed by atoms with E-state index in [1.807, 2.05) is 18.7 Å². The number of hydrogen-bond acceptors (Lipinski definition) is 4. The molecule has 0 saturated carbocycles. The van der Waals surface area contributed by atoms with Gasteiger partial charge in [-0.1, -0.05) is 13.0 Å². The third kappa shape index (κ3) is 4.95. The van der Waals surface area contributed by atoms with E-state index in [1.165, 1.54) is 0 Å². The number of rotatable bonds is 6. The fourth-order valence-electron chi connectivity index (χ4n) is 3.02. The van der Waals surface area contributed by atoms with Crippen LogP contribution in [0.25, 0.3) is 0 Å². The summed E-state index contributed by atoms with van der Waals surface area (Å²) in [5, 5.41) is 0. The van der Waals surface area contributed by atoms with E-state index < -0.39 is 10.0 Å². The summed E-state index contributed by atoms with van der Waals surface area (Å²) in [7, 11) is -3.36. The summed E-state index contributed by atoms with van der Waals surface area (Å²) in [6.07, 6.45) is 2.53. The van der Waals surface area contributed by atoms with Crippen LogP contribution in [0.5, 0.6) is 0 Å². The Hall–Kier alpha value is -1.60. The standard InChI is InChI=1S/C17H27N3O3S/c1-3-10-24(22,23)19-16-8-4-6-14(11-16)17(21)20-9-5-7-15(12-20)13(2)18/h4,6,8,11,13,15,19H,3,5,7,9-10,12,18H2,1-2H3. The topological polar surface area (TPSA) is 92.5 Å². The molecule has 0 radical (unpaired) electrons. The van der Waals surface area contributed by atoms with Crippen molar-refractivity contribution in [1.82, 2.24) is 4.90 Å². The smallest absolute Gasteiger partial charge is 0.253 e. The van der Waals surface area contributed by atoms with Crippen LogP contribution in [0.4, 0.5) is 5.69 Å². The lowest BCUT2D eigenvalue weighted by atomic mass is 9.92. The Balaban J connectivity index is 2.11. The Morgan fingerprint density at radius 2 is 2.21 bits per heavy atom. The maximum absolute atomic E-state index is 12.7. The normalized spacial score (nSPS) is 19.8. The van der Waals surface area contributed by atoms with Crippen LogP contribution in [0, 0.1) is 5.92 Å². The number of carbonyl (C=O) groups is 1. The number of carbonyl (C=O) groups excluding carboxylic acids is 1. The summed E-state index contributed by atoms with van der Waals surface area (Å²) in [6.45, 7) is 5.16. The molecule has 0 aliphatic carbocycles. The van der Waals surface area contributed by atoms with Crippen molar-refractivity contribution in [1.29, 1.82) is 0 Å². The van der Waals surface area contributed by atoms with E-state index in [-0.39, 0.29) is 17.7 Å². The fourth-order valence-corrected chi connectivity index (χ4v) is 4.15. The van der Waals surface area contributed by atoms with Crippen LogP contribution < -0.4 is 10.5 Å². The molecule has 1 amide bonds. The summed E-state index contributed by atoms with van der Waals surface area (Å²) in [6, 6.07) is 6.74. The van der Waals surface area contributed by atoms with E-state index in [2.05, 4.69) is 4.72 Å². The first kappa shape index (κ1) is 18.7. The molecule has 1 aromatic carbocycles. The first-order chi connectivity index (χ1) is 11.3. The number of likely N-dealkylation sites (tertiary alicyclic amines) is 1. The predicted molar refractivity (Wildman–Crippen MR) is 96.4 cm³/mol. The summed E-state index contributed by atoms with van der Waals surface area (Å²) in [4.78, 5) is 14.5. The number of sulfonamides is 1.